The third-order valence-corrected chi connectivity index (χ3v) is 4.05. The maximum Gasteiger partial charge on any atom is 0.414 e. The number of carboxylic acids is 1. The quantitative estimate of drug-likeness (QED) is 0.905. The first-order valence-corrected chi connectivity index (χ1v) is 7.42. The predicted octanol–water partition coefficient (Wildman–Crippen LogP) is 2.54. The zero-order chi connectivity index (χ0) is 16.3. The van der Waals surface area contributed by atoms with Crippen LogP contribution in [0.25, 0.3) is 0 Å². The van der Waals surface area contributed by atoms with Crippen LogP contribution in [0.3, 0.4) is 0 Å². The molecule has 0 aromatic heterocycles. The number of hydrogen-bond donors (Lipinski definition) is 1. The van der Waals surface area contributed by atoms with E-state index in [0.29, 0.717) is 18.7 Å². The molecule has 1 aliphatic rings. The molecule has 1 aromatic carbocycles. The second-order valence-electron chi connectivity index (χ2n) is 5.61. The van der Waals surface area contributed by atoms with Gasteiger partial charge >= 0.3 is 12.1 Å². The van der Waals surface area contributed by atoms with Gasteiger partial charge in [0.2, 0.25) is 0 Å². The number of likely N-dealkylation sites (N-methyl/N-ethyl adjacent to an activating group) is 1. The maximum atomic E-state index is 11.8. The number of hydrogen-bond acceptors (Lipinski definition) is 4. The van der Waals surface area contributed by atoms with Crippen molar-refractivity contribution >= 4 is 17.7 Å². The van der Waals surface area contributed by atoms with Gasteiger partial charge in [-0.05, 0) is 25.0 Å². The van der Waals surface area contributed by atoms with Crippen LogP contribution in [-0.2, 0) is 4.79 Å². The number of benzene rings is 1. The van der Waals surface area contributed by atoms with Crippen molar-refractivity contribution < 1.29 is 19.4 Å². The smallest absolute Gasteiger partial charge is 0.414 e. The molecule has 0 fully saturated rings. The molecule has 0 saturated carbocycles. The fourth-order valence-electron chi connectivity index (χ4n) is 2.64. The Balaban J connectivity index is 2.12. The van der Waals surface area contributed by atoms with Gasteiger partial charge in [-0.25, -0.2) is 4.79 Å². The molecule has 1 atom stereocenters. The molecule has 120 valence electrons. The van der Waals surface area contributed by atoms with E-state index < -0.39 is 5.97 Å². The number of carboxylic acid groups (broad SMARTS) is 1. The highest BCUT2D eigenvalue weighted by atomic mass is 16.6. The van der Waals surface area contributed by atoms with Crippen LogP contribution < -0.4 is 9.64 Å². The van der Waals surface area contributed by atoms with Crippen molar-refractivity contribution in [3.63, 3.8) is 0 Å². The summed E-state index contributed by atoms with van der Waals surface area (Å²) in [6, 6.07) is 5.55. The average molecular weight is 306 g/mol. The lowest BCUT2D eigenvalue weighted by molar-refractivity contribution is -0.137. The predicted molar refractivity (Wildman–Crippen MR) is 83.7 cm³/mol. The second kappa shape index (κ2) is 6.68. The van der Waals surface area contributed by atoms with Gasteiger partial charge in [0.25, 0.3) is 0 Å². The molecule has 1 N–H and O–H groups in total. The zero-order valence-corrected chi connectivity index (χ0v) is 13.2. The normalized spacial score (nSPS) is 16.3. The number of amides is 1. The first-order valence-electron chi connectivity index (χ1n) is 7.42. The molecule has 6 nitrogen and oxygen atoms in total. The summed E-state index contributed by atoms with van der Waals surface area (Å²) in [5.74, 6) is -0.0572. The van der Waals surface area contributed by atoms with Gasteiger partial charge in [-0.3, -0.25) is 4.79 Å². The van der Waals surface area contributed by atoms with Gasteiger partial charge in [-0.2, -0.15) is 0 Å². The maximum absolute atomic E-state index is 11.8. The molecule has 2 rings (SSSR count). The molecular weight excluding hydrogens is 284 g/mol. The number of aliphatic carboxylic acids is 1. The molecule has 0 spiro atoms. The van der Waals surface area contributed by atoms with Crippen LogP contribution in [-0.4, -0.2) is 49.3 Å². The zero-order valence-electron chi connectivity index (χ0n) is 13.2. The standard InChI is InChI=1S/C16H22N2O4/c1-4-17(2)16(21)22-12-6-7-13-11(5-8-15(19)20)10-18(3)14(13)9-12/h6-7,9,11H,4-5,8,10H2,1-3H3,(H,19,20). The van der Waals surface area contributed by atoms with Crippen molar-refractivity contribution in [3.05, 3.63) is 23.8 Å². The summed E-state index contributed by atoms with van der Waals surface area (Å²) in [6.45, 7) is 3.25. The molecule has 22 heavy (non-hydrogen) atoms. The number of anilines is 1. The first-order chi connectivity index (χ1) is 10.4. The van der Waals surface area contributed by atoms with E-state index in [1.165, 1.54) is 4.90 Å². The Morgan fingerprint density at radius 3 is 2.82 bits per heavy atom. The fourth-order valence-corrected chi connectivity index (χ4v) is 2.64. The molecule has 6 heteroatoms. The molecule has 1 amide bonds. The summed E-state index contributed by atoms with van der Waals surface area (Å²) in [5, 5.41) is 8.83. The van der Waals surface area contributed by atoms with Gasteiger partial charge in [-0.15, -0.1) is 0 Å². The van der Waals surface area contributed by atoms with Crippen LogP contribution in [0.1, 0.15) is 31.2 Å². The molecular formula is C16H22N2O4. The molecule has 1 unspecified atom stereocenters. The number of ether oxygens (including phenoxy) is 1. The van der Waals surface area contributed by atoms with Crippen LogP contribution in [0.4, 0.5) is 10.5 Å². The van der Waals surface area contributed by atoms with E-state index in [9.17, 15) is 9.59 Å². The Morgan fingerprint density at radius 2 is 2.18 bits per heavy atom. The highest BCUT2D eigenvalue weighted by molar-refractivity contribution is 5.72. The molecule has 1 aliphatic heterocycles. The van der Waals surface area contributed by atoms with Gasteiger partial charge < -0.3 is 19.6 Å². The Hall–Kier alpha value is -2.24. The van der Waals surface area contributed by atoms with Gasteiger partial charge in [-0.1, -0.05) is 6.07 Å². The van der Waals surface area contributed by atoms with E-state index in [1.54, 1.807) is 13.1 Å². The lowest BCUT2D eigenvalue weighted by atomic mass is 9.96. The molecule has 0 aliphatic carbocycles. The minimum absolute atomic E-state index is 0.163. The van der Waals surface area contributed by atoms with Crippen molar-refractivity contribution in [2.45, 2.75) is 25.7 Å². The van der Waals surface area contributed by atoms with Gasteiger partial charge in [0.05, 0.1) is 0 Å². The highest BCUT2D eigenvalue weighted by Crippen LogP contribution is 2.39. The van der Waals surface area contributed by atoms with Crippen molar-refractivity contribution in [2.75, 3.05) is 32.1 Å². The molecule has 0 radical (unpaired) electrons. The number of rotatable bonds is 5. The SMILES string of the molecule is CCN(C)C(=O)Oc1ccc2c(c1)N(C)CC2CCC(=O)O. The van der Waals surface area contributed by atoms with Crippen LogP contribution in [0, 0.1) is 0 Å². The molecule has 0 bridgehead atoms. The summed E-state index contributed by atoms with van der Waals surface area (Å²) >= 11 is 0. The number of carbonyl (C=O) groups is 2. The van der Waals surface area contributed by atoms with E-state index in [1.807, 2.05) is 26.1 Å². The summed E-state index contributed by atoms with van der Waals surface area (Å²) in [5.41, 5.74) is 2.12. The van der Waals surface area contributed by atoms with E-state index in [2.05, 4.69) is 4.90 Å². The number of fused-ring (bicyclic) bond motifs is 1. The number of nitrogens with zero attached hydrogens (tertiary/aromatic N) is 2. The van der Waals surface area contributed by atoms with Gasteiger partial charge in [0, 0.05) is 51.3 Å². The van der Waals surface area contributed by atoms with Crippen LogP contribution in [0.5, 0.6) is 5.75 Å². The van der Waals surface area contributed by atoms with Crippen molar-refractivity contribution in [1.82, 2.24) is 4.90 Å². The molecule has 0 saturated heterocycles. The van der Waals surface area contributed by atoms with Gasteiger partial charge in [0.1, 0.15) is 5.75 Å². The van der Waals surface area contributed by atoms with E-state index in [-0.39, 0.29) is 18.4 Å². The minimum atomic E-state index is -0.774. The number of carbonyl (C=O) groups excluding carboxylic acids is 1. The third kappa shape index (κ3) is 3.50. The van der Waals surface area contributed by atoms with Gasteiger partial charge in [0.15, 0.2) is 0 Å². The minimum Gasteiger partial charge on any atom is -0.481 e. The Morgan fingerprint density at radius 1 is 1.45 bits per heavy atom. The summed E-state index contributed by atoms with van der Waals surface area (Å²) in [6.07, 6.45) is 0.394. The lowest BCUT2D eigenvalue weighted by Gasteiger charge is -2.16. The topological polar surface area (TPSA) is 70.1 Å². The molecule has 1 aromatic rings. The van der Waals surface area contributed by atoms with E-state index in [4.69, 9.17) is 9.84 Å². The van der Waals surface area contributed by atoms with Crippen molar-refractivity contribution in [2.24, 2.45) is 0 Å². The van der Waals surface area contributed by atoms with E-state index >= 15 is 0 Å². The Bertz CT molecular complexity index is 573. The van der Waals surface area contributed by atoms with Crippen LogP contribution in [0.2, 0.25) is 0 Å². The summed E-state index contributed by atoms with van der Waals surface area (Å²) in [4.78, 5) is 26.1. The second-order valence-corrected chi connectivity index (χ2v) is 5.61. The Kier molecular flexibility index (Phi) is 4.90. The average Bonchev–Trinajstić information content (AvgIpc) is 2.80. The third-order valence-electron chi connectivity index (χ3n) is 4.05. The van der Waals surface area contributed by atoms with E-state index in [0.717, 1.165) is 17.8 Å². The van der Waals surface area contributed by atoms with Crippen molar-refractivity contribution in [3.8, 4) is 5.75 Å². The van der Waals surface area contributed by atoms with Crippen LogP contribution >= 0.6 is 0 Å². The summed E-state index contributed by atoms with van der Waals surface area (Å²) in [7, 11) is 3.65. The largest absolute Gasteiger partial charge is 0.481 e. The summed E-state index contributed by atoms with van der Waals surface area (Å²) < 4.78 is 5.34. The monoisotopic (exact) mass is 306 g/mol. The molecule has 1 heterocycles. The first kappa shape index (κ1) is 16.1. The van der Waals surface area contributed by atoms with Crippen molar-refractivity contribution in [1.29, 1.82) is 0 Å². The highest BCUT2D eigenvalue weighted by Gasteiger charge is 2.27. The lowest BCUT2D eigenvalue weighted by Crippen LogP contribution is -2.29. The fraction of sp³-hybridized carbons (Fsp3) is 0.500. The Labute approximate surface area is 130 Å². The van der Waals surface area contributed by atoms with Crippen LogP contribution in [0.15, 0.2) is 18.2 Å².